The van der Waals surface area contributed by atoms with Gasteiger partial charge in [0.05, 0.1) is 16.6 Å². The van der Waals surface area contributed by atoms with Crippen LogP contribution in [0.1, 0.15) is 5.69 Å². The van der Waals surface area contributed by atoms with Crippen LogP contribution >= 0.6 is 0 Å². The summed E-state index contributed by atoms with van der Waals surface area (Å²) < 4.78 is 0. The molecule has 0 unspecified atom stereocenters. The molecule has 0 fully saturated rings. The summed E-state index contributed by atoms with van der Waals surface area (Å²) >= 11 is 0. The molecule has 0 amide bonds. The zero-order valence-electron chi connectivity index (χ0n) is 16.0. The summed E-state index contributed by atoms with van der Waals surface area (Å²) in [6, 6.07) is 19.0. The molecule has 5 aromatic rings. The minimum atomic E-state index is -0.153. The van der Waals surface area contributed by atoms with E-state index < -0.39 is 0 Å². The molecule has 3 aromatic heterocycles. The maximum atomic E-state index is 11.7. The third-order valence-corrected chi connectivity index (χ3v) is 4.59. The third kappa shape index (κ3) is 3.51. The Hall–Kier alpha value is -4.40. The third-order valence-electron chi connectivity index (χ3n) is 4.59. The van der Waals surface area contributed by atoms with E-state index in [4.69, 9.17) is 0 Å². The minimum Gasteiger partial charge on any atom is -0.324 e. The van der Waals surface area contributed by atoms with Gasteiger partial charge in [-0.15, -0.1) is 0 Å². The van der Waals surface area contributed by atoms with Crippen molar-refractivity contribution in [1.29, 1.82) is 0 Å². The Morgan fingerprint density at radius 2 is 1.73 bits per heavy atom. The maximum absolute atomic E-state index is 11.7. The normalized spacial score (nSPS) is 11.0. The summed E-state index contributed by atoms with van der Waals surface area (Å²) in [6.07, 6.45) is 0. The number of hydrogen-bond donors (Lipinski definition) is 5. The van der Waals surface area contributed by atoms with E-state index in [0.29, 0.717) is 28.5 Å². The fourth-order valence-electron chi connectivity index (χ4n) is 3.18. The van der Waals surface area contributed by atoms with Gasteiger partial charge >= 0.3 is 0 Å². The molecule has 148 valence electrons. The van der Waals surface area contributed by atoms with Crippen LogP contribution in [0.5, 0.6) is 0 Å². The van der Waals surface area contributed by atoms with Crippen LogP contribution in [-0.2, 0) is 0 Å². The van der Waals surface area contributed by atoms with Gasteiger partial charge in [0.1, 0.15) is 5.82 Å². The van der Waals surface area contributed by atoms with Crippen molar-refractivity contribution in [2.75, 3.05) is 10.6 Å². The average molecular weight is 398 g/mol. The van der Waals surface area contributed by atoms with Gasteiger partial charge in [0.25, 0.3) is 5.56 Å². The molecule has 0 saturated carbocycles. The van der Waals surface area contributed by atoms with Crippen LogP contribution in [-0.4, -0.2) is 30.4 Å². The smallest absolute Gasteiger partial charge is 0.271 e. The first kappa shape index (κ1) is 17.7. The van der Waals surface area contributed by atoms with E-state index in [-0.39, 0.29) is 5.56 Å². The number of rotatable bonds is 5. The van der Waals surface area contributed by atoms with Gasteiger partial charge in [0.15, 0.2) is 5.82 Å². The molecule has 0 spiro atoms. The first-order valence-corrected chi connectivity index (χ1v) is 9.35. The Balaban J connectivity index is 1.53. The lowest BCUT2D eigenvalue weighted by atomic mass is 10.1. The van der Waals surface area contributed by atoms with Gasteiger partial charge in [-0.05, 0) is 25.1 Å². The Kier molecular flexibility index (Phi) is 4.25. The number of hydrogen-bond acceptors (Lipinski definition) is 6. The lowest BCUT2D eigenvalue weighted by Gasteiger charge is -2.10. The van der Waals surface area contributed by atoms with Gasteiger partial charge in [-0.3, -0.25) is 20.1 Å². The predicted octanol–water partition coefficient (Wildman–Crippen LogP) is 3.83. The molecular formula is C21H18N8O. The molecule has 9 nitrogen and oxygen atoms in total. The summed E-state index contributed by atoms with van der Waals surface area (Å²) in [7, 11) is 0. The highest BCUT2D eigenvalue weighted by Crippen LogP contribution is 2.25. The minimum absolute atomic E-state index is 0.153. The zero-order chi connectivity index (χ0) is 20.5. The van der Waals surface area contributed by atoms with Crippen molar-refractivity contribution in [3.63, 3.8) is 0 Å². The van der Waals surface area contributed by atoms with Crippen molar-refractivity contribution in [2.45, 2.75) is 6.92 Å². The van der Waals surface area contributed by atoms with Crippen LogP contribution in [0.2, 0.25) is 0 Å². The Bertz CT molecular complexity index is 1380. The monoisotopic (exact) mass is 398 g/mol. The standard InChI is InChI=1S/C21H18N8O/c1-12-9-19(28-26-12)24-18-11-16(13-5-3-2-4-6-13)23-21(25-18)22-14-7-8-15-17(10-14)27-29-20(15)30/h2-11H,1H3,(H2,27,29,30)(H3,22,23,24,25,26,28). The van der Waals surface area contributed by atoms with Crippen molar-refractivity contribution >= 4 is 34.2 Å². The average Bonchev–Trinajstić information content (AvgIpc) is 3.33. The van der Waals surface area contributed by atoms with Gasteiger partial charge in [-0.1, -0.05) is 30.3 Å². The van der Waals surface area contributed by atoms with E-state index in [1.54, 1.807) is 6.07 Å². The van der Waals surface area contributed by atoms with Crippen molar-refractivity contribution < 1.29 is 0 Å². The SMILES string of the molecule is Cc1cc(Nc2cc(-c3ccccc3)nc(Nc3ccc4c(=O)[nH][nH]c4c3)n2)n[nH]1. The quantitative estimate of drug-likeness (QED) is 0.306. The van der Waals surface area contributed by atoms with E-state index in [1.807, 2.05) is 61.5 Å². The predicted molar refractivity (Wildman–Crippen MR) is 116 cm³/mol. The number of H-pyrrole nitrogens is 3. The molecule has 0 saturated heterocycles. The van der Waals surface area contributed by atoms with Gasteiger partial charge in [-0.2, -0.15) is 10.1 Å². The highest BCUT2D eigenvalue weighted by Gasteiger charge is 2.10. The van der Waals surface area contributed by atoms with E-state index in [1.165, 1.54) is 0 Å². The Labute approximate surface area is 170 Å². The topological polar surface area (TPSA) is 127 Å². The summed E-state index contributed by atoms with van der Waals surface area (Å²) in [6.45, 7) is 1.93. The molecule has 0 aliphatic heterocycles. The summed E-state index contributed by atoms with van der Waals surface area (Å²) in [4.78, 5) is 21.0. The Morgan fingerprint density at radius 1 is 0.867 bits per heavy atom. The highest BCUT2D eigenvalue weighted by molar-refractivity contribution is 5.82. The molecule has 0 bridgehead atoms. The number of aromatic nitrogens is 6. The Morgan fingerprint density at radius 3 is 2.53 bits per heavy atom. The van der Waals surface area contributed by atoms with Gasteiger partial charge in [0.2, 0.25) is 5.95 Å². The number of aromatic amines is 3. The summed E-state index contributed by atoms with van der Waals surface area (Å²) in [5, 5.41) is 19.6. The van der Waals surface area contributed by atoms with E-state index in [9.17, 15) is 4.79 Å². The van der Waals surface area contributed by atoms with Crippen LogP contribution in [0, 0.1) is 6.92 Å². The number of nitrogens with one attached hydrogen (secondary N) is 5. The molecule has 0 aliphatic rings. The summed E-state index contributed by atoms with van der Waals surface area (Å²) in [5.74, 6) is 1.69. The van der Waals surface area contributed by atoms with Gasteiger partial charge in [-0.25, -0.2) is 4.98 Å². The van der Waals surface area contributed by atoms with Crippen molar-refractivity contribution in [1.82, 2.24) is 30.4 Å². The molecule has 5 rings (SSSR count). The number of benzene rings is 2. The van der Waals surface area contributed by atoms with Crippen LogP contribution in [0.15, 0.2) is 65.5 Å². The summed E-state index contributed by atoms with van der Waals surface area (Å²) in [5.41, 5.74) is 3.98. The first-order valence-electron chi connectivity index (χ1n) is 9.35. The fourth-order valence-corrected chi connectivity index (χ4v) is 3.18. The van der Waals surface area contributed by atoms with Crippen molar-refractivity contribution in [2.24, 2.45) is 0 Å². The number of anilines is 4. The van der Waals surface area contributed by atoms with Crippen LogP contribution in [0.4, 0.5) is 23.3 Å². The molecule has 3 heterocycles. The van der Waals surface area contributed by atoms with Crippen LogP contribution in [0.3, 0.4) is 0 Å². The maximum Gasteiger partial charge on any atom is 0.271 e. The lowest BCUT2D eigenvalue weighted by molar-refractivity contribution is 1.05. The molecule has 0 aliphatic carbocycles. The van der Waals surface area contributed by atoms with Crippen molar-refractivity contribution in [3.8, 4) is 11.3 Å². The number of fused-ring (bicyclic) bond motifs is 1. The largest absolute Gasteiger partial charge is 0.324 e. The number of aryl methyl sites for hydroxylation is 1. The highest BCUT2D eigenvalue weighted by atomic mass is 16.1. The van der Waals surface area contributed by atoms with Gasteiger partial charge < -0.3 is 10.6 Å². The second-order valence-corrected chi connectivity index (χ2v) is 6.85. The van der Waals surface area contributed by atoms with Crippen LogP contribution in [0.25, 0.3) is 22.2 Å². The molecule has 2 aromatic carbocycles. The molecule has 30 heavy (non-hydrogen) atoms. The molecule has 0 atom stereocenters. The number of nitrogens with zero attached hydrogens (tertiary/aromatic N) is 3. The fraction of sp³-hybridized carbons (Fsp3) is 0.0476. The molecule has 5 N–H and O–H groups in total. The van der Waals surface area contributed by atoms with Crippen LogP contribution < -0.4 is 16.2 Å². The second-order valence-electron chi connectivity index (χ2n) is 6.85. The second kappa shape index (κ2) is 7.21. The molecule has 0 radical (unpaired) electrons. The van der Waals surface area contributed by atoms with E-state index in [0.717, 1.165) is 22.6 Å². The first-order chi connectivity index (χ1) is 14.6. The lowest BCUT2D eigenvalue weighted by Crippen LogP contribution is -2.03. The van der Waals surface area contributed by atoms with Crippen molar-refractivity contribution in [3.05, 3.63) is 76.7 Å². The van der Waals surface area contributed by atoms with E-state index >= 15 is 0 Å². The molecule has 9 heteroatoms. The van der Waals surface area contributed by atoms with E-state index in [2.05, 4.69) is 41.0 Å². The molecular weight excluding hydrogens is 380 g/mol. The van der Waals surface area contributed by atoms with Gasteiger partial charge in [0, 0.05) is 29.1 Å². The zero-order valence-corrected chi connectivity index (χ0v) is 16.0.